The van der Waals surface area contributed by atoms with Gasteiger partial charge in [-0.3, -0.25) is 0 Å². The van der Waals surface area contributed by atoms with E-state index in [9.17, 15) is 0 Å². The number of hydrogen-bond acceptors (Lipinski definition) is 3. The largest absolute Gasteiger partial charge is 0.464 e. The van der Waals surface area contributed by atoms with Gasteiger partial charge in [0.05, 0.1) is 6.26 Å². The molecule has 0 saturated carbocycles. The van der Waals surface area contributed by atoms with Crippen LogP contribution in [0.5, 0.6) is 0 Å². The number of furan rings is 3. The Kier molecular flexibility index (Phi) is 4.45. The van der Waals surface area contributed by atoms with Gasteiger partial charge in [-0.2, -0.15) is 0 Å². The van der Waals surface area contributed by atoms with Gasteiger partial charge in [0.2, 0.25) is 0 Å². The van der Waals surface area contributed by atoms with Gasteiger partial charge < -0.3 is 13.3 Å². The molecular weight excluding hydrogens is 528 g/mol. The van der Waals surface area contributed by atoms with E-state index >= 15 is 0 Å². The second-order valence-corrected chi connectivity index (χ2v) is 11.2. The lowest BCUT2D eigenvalue weighted by Gasteiger charge is -2.17. The zero-order valence-electron chi connectivity index (χ0n) is 22.9. The molecule has 0 amide bonds. The van der Waals surface area contributed by atoms with Crippen molar-refractivity contribution in [2.45, 2.75) is 0 Å². The fourth-order valence-corrected chi connectivity index (χ4v) is 7.14. The van der Waals surface area contributed by atoms with Crippen molar-refractivity contribution in [3.63, 3.8) is 0 Å². The summed E-state index contributed by atoms with van der Waals surface area (Å²) in [4.78, 5) is 0. The van der Waals surface area contributed by atoms with Crippen LogP contribution in [-0.4, -0.2) is 0 Å². The average Bonchev–Trinajstić information content (AvgIpc) is 3.76. The molecule has 0 fully saturated rings. The summed E-state index contributed by atoms with van der Waals surface area (Å²) in [6.07, 6.45) is 1.92. The Hall–Kier alpha value is -5.80. The van der Waals surface area contributed by atoms with Crippen molar-refractivity contribution in [3.8, 4) is 22.3 Å². The molecule has 0 bridgehead atoms. The van der Waals surface area contributed by atoms with Crippen LogP contribution in [0.1, 0.15) is 0 Å². The normalized spacial score (nSPS) is 12.2. The smallest absolute Gasteiger partial charge is 0.136 e. The second-order valence-electron chi connectivity index (χ2n) is 11.2. The third kappa shape index (κ3) is 3.08. The topological polar surface area (TPSA) is 39.4 Å². The summed E-state index contributed by atoms with van der Waals surface area (Å²) in [6, 6.07) is 44.6. The molecule has 3 heteroatoms. The maximum atomic E-state index is 6.28. The highest BCUT2D eigenvalue weighted by molar-refractivity contribution is 6.28. The molecule has 0 spiro atoms. The summed E-state index contributed by atoms with van der Waals surface area (Å²) >= 11 is 0. The van der Waals surface area contributed by atoms with E-state index in [4.69, 9.17) is 13.3 Å². The third-order valence-corrected chi connectivity index (χ3v) is 8.94. The van der Waals surface area contributed by atoms with E-state index in [1.807, 2.05) is 42.7 Å². The molecule has 10 rings (SSSR count). The van der Waals surface area contributed by atoms with E-state index in [2.05, 4.69) is 91.0 Å². The quantitative estimate of drug-likeness (QED) is 0.201. The Labute approximate surface area is 245 Å². The highest BCUT2D eigenvalue weighted by Gasteiger charge is 2.22. The second kappa shape index (κ2) is 8.37. The molecule has 7 aromatic carbocycles. The van der Waals surface area contributed by atoms with Crippen LogP contribution in [0.25, 0.3) is 98.6 Å². The van der Waals surface area contributed by atoms with Gasteiger partial charge in [-0.15, -0.1) is 0 Å². The lowest BCUT2D eigenvalue weighted by molar-refractivity contribution is 0.616. The average molecular weight is 551 g/mol. The van der Waals surface area contributed by atoms with E-state index in [1.165, 1.54) is 38.2 Å². The Morgan fingerprint density at radius 2 is 0.860 bits per heavy atom. The van der Waals surface area contributed by atoms with Gasteiger partial charge in [0.1, 0.15) is 27.9 Å². The first-order valence-electron chi connectivity index (χ1n) is 14.5. The molecule has 0 aliphatic carbocycles. The number of benzene rings is 7. The number of para-hydroxylation sites is 2. The van der Waals surface area contributed by atoms with Crippen LogP contribution >= 0.6 is 0 Å². The van der Waals surface area contributed by atoms with Crippen molar-refractivity contribution in [3.05, 3.63) is 134 Å². The zero-order chi connectivity index (χ0) is 28.1. The van der Waals surface area contributed by atoms with Gasteiger partial charge in [0.25, 0.3) is 0 Å². The van der Waals surface area contributed by atoms with Crippen LogP contribution in [0.2, 0.25) is 0 Å². The monoisotopic (exact) mass is 550 g/mol. The number of fused-ring (bicyclic) bond motifs is 10. The molecule has 3 nitrogen and oxygen atoms in total. The molecule has 3 aromatic heterocycles. The SMILES string of the molecule is c1ccc2c(c1)oc1ccc(-c3c4ccccc4c(-c4coc5ccc6oc7ccccc7c6c45)c4ccccc34)cc12. The minimum Gasteiger partial charge on any atom is -0.464 e. The predicted molar refractivity (Wildman–Crippen MR) is 177 cm³/mol. The first-order valence-corrected chi connectivity index (χ1v) is 14.5. The first kappa shape index (κ1) is 22.8. The van der Waals surface area contributed by atoms with Crippen molar-refractivity contribution in [2.75, 3.05) is 0 Å². The maximum absolute atomic E-state index is 6.28. The van der Waals surface area contributed by atoms with Gasteiger partial charge in [0, 0.05) is 38.1 Å². The van der Waals surface area contributed by atoms with Crippen molar-refractivity contribution >= 4 is 76.4 Å². The molecule has 10 aromatic rings. The zero-order valence-corrected chi connectivity index (χ0v) is 22.9. The van der Waals surface area contributed by atoms with Crippen molar-refractivity contribution in [1.82, 2.24) is 0 Å². The molecule has 200 valence electrons. The first-order chi connectivity index (χ1) is 21.3. The highest BCUT2D eigenvalue weighted by Crippen LogP contribution is 2.48. The van der Waals surface area contributed by atoms with Crippen LogP contribution < -0.4 is 0 Å². The highest BCUT2D eigenvalue weighted by atomic mass is 16.3. The summed E-state index contributed by atoms with van der Waals surface area (Å²) in [5, 5.41) is 10.3. The van der Waals surface area contributed by atoms with Crippen molar-refractivity contribution < 1.29 is 13.3 Å². The van der Waals surface area contributed by atoms with E-state index in [0.29, 0.717) is 0 Å². The van der Waals surface area contributed by atoms with E-state index in [0.717, 1.165) is 60.4 Å². The van der Waals surface area contributed by atoms with Gasteiger partial charge in [0.15, 0.2) is 0 Å². The van der Waals surface area contributed by atoms with Crippen LogP contribution in [-0.2, 0) is 0 Å². The van der Waals surface area contributed by atoms with Crippen molar-refractivity contribution in [1.29, 1.82) is 0 Å². The van der Waals surface area contributed by atoms with Gasteiger partial charge >= 0.3 is 0 Å². The summed E-state index contributed by atoms with van der Waals surface area (Å²) in [5.41, 5.74) is 9.02. The number of rotatable bonds is 2. The standard InChI is InChI=1S/C40H22O3/c1-3-12-27-25(10-1)37(23-17-18-34-30(21-23)24-9-5-7-15-32(24)42-34)26-11-2-4-13-28(26)38(27)31-22-41-35-19-20-36-39(40(31)35)29-14-6-8-16-33(29)43-36/h1-22H. The molecule has 0 radical (unpaired) electrons. The van der Waals surface area contributed by atoms with Crippen LogP contribution in [0.15, 0.2) is 147 Å². The Morgan fingerprint density at radius 1 is 0.349 bits per heavy atom. The van der Waals surface area contributed by atoms with E-state index in [-0.39, 0.29) is 0 Å². The fourth-order valence-electron chi connectivity index (χ4n) is 7.14. The Balaban J connectivity index is 1.35. The van der Waals surface area contributed by atoms with Crippen molar-refractivity contribution in [2.24, 2.45) is 0 Å². The molecular formula is C40H22O3. The molecule has 43 heavy (non-hydrogen) atoms. The molecule has 3 heterocycles. The van der Waals surface area contributed by atoms with Crippen LogP contribution in [0.4, 0.5) is 0 Å². The molecule has 0 saturated heterocycles. The minimum atomic E-state index is 0.851. The van der Waals surface area contributed by atoms with E-state index in [1.54, 1.807) is 0 Å². The third-order valence-electron chi connectivity index (χ3n) is 8.94. The molecule has 0 aliphatic rings. The van der Waals surface area contributed by atoms with Crippen LogP contribution in [0.3, 0.4) is 0 Å². The summed E-state index contributed by atoms with van der Waals surface area (Å²) < 4.78 is 18.7. The Morgan fingerprint density at radius 3 is 1.58 bits per heavy atom. The molecule has 0 unspecified atom stereocenters. The maximum Gasteiger partial charge on any atom is 0.136 e. The number of hydrogen-bond donors (Lipinski definition) is 0. The van der Waals surface area contributed by atoms with Gasteiger partial charge in [-0.1, -0.05) is 91.0 Å². The fraction of sp³-hybridized carbons (Fsp3) is 0. The molecule has 0 atom stereocenters. The van der Waals surface area contributed by atoms with Crippen LogP contribution in [0, 0.1) is 0 Å². The predicted octanol–water partition coefficient (Wildman–Crippen LogP) is 11.9. The molecule has 0 N–H and O–H groups in total. The minimum absolute atomic E-state index is 0.851. The molecule has 0 aliphatic heterocycles. The summed E-state index contributed by atoms with van der Waals surface area (Å²) in [6.45, 7) is 0. The lowest BCUT2D eigenvalue weighted by atomic mass is 9.85. The van der Waals surface area contributed by atoms with Gasteiger partial charge in [-0.25, -0.2) is 0 Å². The van der Waals surface area contributed by atoms with Gasteiger partial charge in [-0.05, 0) is 69.1 Å². The van der Waals surface area contributed by atoms with E-state index < -0.39 is 0 Å². The summed E-state index contributed by atoms with van der Waals surface area (Å²) in [5.74, 6) is 0. The lowest BCUT2D eigenvalue weighted by Crippen LogP contribution is -1.90. The Bertz CT molecular complexity index is 2680. The summed E-state index contributed by atoms with van der Waals surface area (Å²) in [7, 11) is 0.